The Balaban J connectivity index is 1.50. The first-order chi connectivity index (χ1) is 8.36. The molecule has 3 aliphatic carbocycles. The predicted molar refractivity (Wildman–Crippen MR) is 70.0 cm³/mol. The summed E-state index contributed by atoms with van der Waals surface area (Å²) in [5.41, 5.74) is 0. The van der Waals surface area contributed by atoms with Crippen LogP contribution in [0.15, 0.2) is 0 Å². The Bertz CT molecular complexity index is 251. The lowest BCUT2D eigenvalue weighted by Gasteiger charge is -2.33. The van der Waals surface area contributed by atoms with Crippen molar-refractivity contribution in [1.29, 1.82) is 0 Å². The third-order valence-electron chi connectivity index (χ3n) is 5.21. The van der Waals surface area contributed by atoms with Gasteiger partial charge in [-0.15, -0.1) is 0 Å². The first-order valence-corrected chi connectivity index (χ1v) is 7.65. The number of hydrogen-bond acceptors (Lipinski definition) is 2. The molecule has 0 radical (unpaired) electrons. The molecule has 0 amide bonds. The average Bonchev–Trinajstić information content (AvgIpc) is 3.11. The molecule has 2 heteroatoms. The zero-order chi connectivity index (χ0) is 11.7. The van der Waals surface area contributed by atoms with Crippen LogP contribution in [0.2, 0.25) is 0 Å². The molecule has 0 aromatic rings. The van der Waals surface area contributed by atoms with E-state index in [1.54, 1.807) is 0 Å². The van der Waals surface area contributed by atoms with Crippen LogP contribution in [0.3, 0.4) is 0 Å². The summed E-state index contributed by atoms with van der Waals surface area (Å²) in [5, 5.41) is 3.91. The third-order valence-corrected chi connectivity index (χ3v) is 5.21. The Labute approximate surface area is 105 Å². The van der Waals surface area contributed by atoms with Crippen molar-refractivity contribution in [1.82, 2.24) is 5.32 Å². The van der Waals surface area contributed by atoms with Crippen molar-refractivity contribution in [2.45, 2.75) is 76.0 Å². The molecule has 0 bridgehead atoms. The van der Waals surface area contributed by atoms with E-state index in [9.17, 15) is 0 Å². The van der Waals surface area contributed by atoms with Crippen LogP contribution >= 0.6 is 0 Å². The summed E-state index contributed by atoms with van der Waals surface area (Å²) in [4.78, 5) is 0. The molecule has 2 nitrogen and oxygen atoms in total. The molecule has 4 atom stereocenters. The summed E-state index contributed by atoms with van der Waals surface area (Å²) in [6.07, 6.45) is 13.2. The lowest BCUT2D eigenvalue weighted by molar-refractivity contribution is 0.0767. The van der Waals surface area contributed by atoms with E-state index in [0.29, 0.717) is 12.1 Å². The molecule has 0 aromatic heterocycles. The summed E-state index contributed by atoms with van der Waals surface area (Å²) >= 11 is 0. The molecule has 0 spiro atoms. The standard InChI is InChI=1S/C15H27NO/c1-17-15-7-3-6-14(15)16-13-5-2-4-12(10-13)11-8-9-11/h11-16H,2-10H2,1H3. The fourth-order valence-electron chi connectivity index (χ4n) is 4.08. The molecule has 0 heterocycles. The Morgan fingerprint density at radius 1 is 0.882 bits per heavy atom. The fraction of sp³-hybridized carbons (Fsp3) is 1.00. The van der Waals surface area contributed by atoms with Gasteiger partial charge < -0.3 is 10.1 Å². The Hall–Kier alpha value is -0.0800. The zero-order valence-corrected chi connectivity index (χ0v) is 11.2. The maximum atomic E-state index is 5.59. The molecule has 3 saturated carbocycles. The molecule has 3 aliphatic rings. The van der Waals surface area contributed by atoms with Gasteiger partial charge in [-0.2, -0.15) is 0 Å². The van der Waals surface area contributed by atoms with Crippen LogP contribution in [-0.4, -0.2) is 25.3 Å². The molecular formula is C15H27NO. The van der Waals surface area contributed by atoms with E-state index < -0.39 is 0 Å². The van der Waals surface area contributed by atoms with E-state index in [0.717, 1.165) is 17.9 Å². The smallest absolute Gasteiger partial charge is 0.0724 e. The van der Waals surface area contributed by atoms with E-state index >= 15 is 0 Å². The van der Waals surface area contributed by atoms with Crippen molar-refractivity contribution in [3.05, 3.63) is 0 Å². The van der Waals surface area contributed by atoms with Crippen molar-refractivity contribution in [2.75, 3.05) is 7.11 Å². The minimum Gasteiger partial charge on any atom is -0.380 e. The van der Waals surface area contributed by atoms with Crippen molar-refractivity contribution in [2.24, 2.45) is 11.8 Å². The lowest BCUT2D eigenvalue weighted by Crippen LogP contribution is -2.45. The van der Waals surface area contributed by atoms with Gasteiger partial charge in [0.15, 0.2) is 0 Å². The van der Waals surface area contributed by atoms with Gasteiger partial charge in [0.25, 0.3) is 0 Å². The van der Waals surface area contributed by atoms with E-state index in [1.807, 2.05) is 7.11 Å². The maximum absolute atomic E-state index is 5.59. The minimum atomic E-state index is 0.483. The predicted octanol–water partition coefficient (Wildman–Crippen LogP) is 3.11. The first-order valence-electron chi connectivity index (χ1n) is 7.65. The van der Waals surface area contributed by atoms with Gasteiger partial charge in [-0.25, -0.2) is 0 Å². The van der Waals surface area contributed by atoms with Crippen molar-refractivity contribution >= 4 is 0 Å². The maximum Gasteiger partial charge on any atom is 0.0724 e. The van der Waals surface area contributed by atoms with Gasteiger partial charge in [0.2, 0.25) is 0 Å². The highest BCUT2D eigenvalue weighted by molar-refractivity contribution is 4.91. The Morgan fingerprint density at radius 2 is 1.71 bits per heavy atom. The molecule has 1 N–H and O–H groups in total. The largest absolute Gasteiger partial charge is 0.380 e. The number of hydrogen-bond donors (Lipinski definition) is 1. The van der Waals surface area contributed by atoms with Crippen molar-refractivity contribution < 1.29 is 4.74 Å². The quantitative estimate of drug-likeness (QED) is 0.811. The summed E-state index contributed by atoms with van der Waals surface area (Å²) in [7, 11) is 1.87. The lowest BCUT2D eigenvalue weighted by atomic mass is 9.82. The second-order valence-corrected chi connectivity index (χ2v) is 6.44. The van der Waals surface area contributed by atoms with E-state index in [-0.39, 0.29) is 0 Å². The summed E-state index contributed by atoms with van der Waals surface area (Å²) < 4.78 is 5.59. The van der Waals surface area contributed by atoms with Gasteiger partial charge in [-0.3, -0.25) is 0 Å². The monoisotopic (exact) mass is 237 g/mol. The topological polar surface area (TPSA) is 21.3 Å². The van der Waals surface area contributed by atoms with Crippen LogP contribution in [0.1, 0.15) is 57.8 Å². The van der Waals surface area contributed by atoms with Crippen LogP contribution < -0.4 is 5.32 Å². The molecule has 3 fully saturated rings. The number of ether oxygens (including phenoxy) is 1. The highest BCUT2D eigenvalue weighted by Gasteiger charge is 2.36. The summed E-state index contributed by atoms with van der Waals surface area (Å²) in [6, 6.07) is 1.43. The fourth-order valence-corrected chi connectivity index (χ4v) is 4.08. The van der Waals surface area contributed by atoms with Crippen LogP contribution in [0.5, 0.6) is 0 Å². The van der Waals surface area contributed by atoms with Gasteiger partial charge in [0.05, 0.1) is 6.10 Å². The summed E-state index contributed by atoms with van der Waals surface area (Å²) in [6.45, 7) is 0. The molecule has 98 valence electrons. The number of nitrogens with one attached hydrogen (secondary N) is 1. The molecular weight excluding hydrogens is 210 g/mol. The third kappa shape index (κ3) is 2.85. The average molecular weight is 237 g/mol. The highest BCUT2D eigenvalue weighted by atomic mass is 16.5. The molecule has 0 aliphatic heterocycles. The second-order valence-electron chi connectivity index (χ2n) is 6.44. The van der Waals surface area contributed by atoms with Gasteiger partial charge in [0, 0.05) is 19.2 Å². The van der Waals surface area contributed by atoms with Crippen molar-refractivity contribution in [3.63, 3.8) is 0 Å². The minimum absolute atomic E-state index is 0.483. The summed E-state index contributed by atoms with van der Waals surface area (Å²) in [5.74, 6) is 2.14. The van der Waals surface area contributed by atoms with Crippen LogP contribution in [0.25, 0.3) is 0 Å². The normalized spacial score (nSPS) is 42.9. The van der Waals surface area contributed by atoms with Crippen LogP contribution in [0, 0.1) is 11.8 Å². The van der Waals surface area contributed by atoms with Crippen LogP contribution in [-0.2, 0) is 4.74 Å². The Morgan fingerprint density at radius 3 is 2.47 bits per heavy atom. The van der Waals surface area contributed by atoms with Gasteiger partial charge in [-0.05, 0) is 56.8 Å². The number of rotatable bonds is 4. The SMILES string of the molecule is COC1CCCC1NC1CCCC(C2CC2)C1. The molecule has 0 aromatic carbocycles. The van der Waals surface area contributed by atoms with E-state index in [4.69, 9.17) is 4.74 Å². The van der Waals surface area contributed by atoms with Gasteiger partial charge >= 0.3 is 0 Å². The van der Waals surface area contributed by atoms with Gasteiger partial charge in [-0.1, -0.05) is 12.8 Å². The highest BCUT2D eigenvalue weighted by Crippen LogP contribution is 2.44. The van der Waals surface area contributed by atoms with E-state index in [2.05, 4.69) is 5.32 Å². The van der Waals surface area contributed by atoms with Gasteiger partial charge in [0.1, 0.15) is 0 Å². The number of methoxy groups -OCH3 is 1. The zero-order valence-electron chi connectivity index (χ0n) is 11.2. The second kappa shape index (κ2) is 5.27. The van der Waals surface area contributed by atoms with Crippen molar-refractivity contribution in [3.8, 4) is 0 Å². The van der Waals surface area contributed by atoms with Crippen LogP contribution in [0.4, 0.5) is 0 Å². The first kappa shape index (κ1) is 12.0. The molecule has 17 heavy (non-hydrogen) atoms. The molecule has 4 unspecified atom stereocenters. The Kier molecular flexibility index (Phi) is 3.72. The molecule has 3 rings (SSSR count). The van der Waals surface area contributed by atoms with E-state index in [1.165, 1.54) is 57.8 Å². The molecule has 0 saturated heterocycles.